The van der Waals surface area contributed by atoms with E-state index in [4.69, 9.17) is 0 Å². The van der Waals surface area contributed by atoms with Crippen molar-refractivity contribution >= 4 is 5.96 Å². The number of alkyl halides is 3. The lowest BCUT2D eigenvalue weighted by Crippen LogP contribution is -2.39. The molecule has 2 N–H and O–H groups in total. The first-order valence-electron chi connectivity index (χ1n) is 9.91. The van der Waals surface area contributed by atoms with Crippen molar-refractivity contribution in [3.63, 3.8) is 0 Å². The molecule has 0 fully saturated rings. The van der Waals surface area contributed by atoms with Gasteiger partial charge in [-0.15, -0.1) is 10.2 Å². The van der Waals surface area contributed by atoms with Crippen LogP contribution < -0.4 is 10.6 Å². The summed E-state index contributed by atoms with van der Waals surface area (Å²) in [5, 5.41) is 14.4. The van der Waals surface area contributed by atoms with Crippen LogP contribution in [0.3, 0.4) is 0 Å². The van der Waals surface area contributed by atoms with Crippen molar-refractivity contribution in [3.05, 3.63) is 47.5 Å². The fraction of sp³-hybridized carbons (Fsp3) is 0.550. The minimum absolute atomic E-state index is 0.0203. The Bertz CT molecular complexity index is 785. The van der Waals surface area contributed by atoms with E-state index in [0.717, 1.165) is 31.4 Å². The smallest absolute Gasteiger partial charge is 0.357 e. The standard InChI is InChI=1S/C20H29F3N6/c1-4-18-28-27-14-29(18)12-11-26-19(24-5-2)25-10-9-15(3)16-7-6-8-17(13-16)20(21,22)23/h6-8,13-15H,4-5,9-12H2,1-3H3,(H2,24,25,26). The molecule has 2 rings (SSSR count). The highest BCUT2D eigenvalue weighted by Gasteiger charge is 2.30. The molecule has 1 atom stereocenters. The fourth-order valence-corrected chi connectivity index (χ4v) is 2.93. The van der Waals surface area contributed by atoms with Gasteiger partial charge in [0.1, 0.15) is 12.2 Å². The average molecular weight is 410 g/mol. The number of benzene rings is 1. The molecular weight excluding hydrogens is 381 g/mol. The SMILES string of the molecule is CCNC(=NCCC(C)c1cccc(C(F)(F)F)c1)NCCn1cnnc1CC. The van der Waals surface area contributed by atoms with Crippen LogP contribution in [0.15, 0.2) is 35.6 Å². The second kappa shape index (κ2) is 10.8. The first-order chi connectivity index (χ1) is 13.8. The van der Waals surface area contributed by atoms with E-state index in [9.17, 15) is 13.2 Å². The lowest BCUT2D eigenvalue weighted by molar-refractivity contribution is -0.137. The van der Waals surface area contributed by atoms with Crippen molar-refractivity contribution in [3.8, 4) is 0 Å². The van der Waals surface area contributed by atoms with Crippen molar-refractivity contribution in [2.24, 2.45) is 4.99 Å². The second-order valence-corrected chi connectivity index (χ2v) is 6.79. The molecule has 1 heterocycles. The van der Waals surface area contributed by atoms with E-state index in [1.54, 1.807) is 12.4 Å². The predicted molar refractivity (Wildman–Crippen MR) is 108 cm³/mol. The summed E-state index contributed by atoms with van der Waals surface area (Å²) in [4.78, 5) is 4.54. The first-order valence-corrected chi connectivity index (χ1v) is 9.91. The summed E-state index contributed by atoms with van der Waals surface area (Å²) >= 11 is 0. The summed E-state index contributed by atoms with van der Waals surface area (Å²) in [5.74, 6) is 1.60. The van der Waals surface area contributed by atoms with Gasteiger partial charge in [-0.1, -0.05) is 32.0 Å². The molecule has 9 heteroatoms. The molecule has 1 unspecified atom stereocenters. The van der Waals surface area contributed by atoms with Crippen LogP contribution in [0.5, 0.6) is 0 Å². The summed E-state index contributed by atoms with van der Waals surface area (Å²) in [6.07, 6.45) is -1.13. The summed E-state index contributed by atoms with van der Waals surface area (Å²) < 4.78 is 40.7. The number of aliphatic imine (C=N–C) groups is 1. The van der Waals surface area contributed by atoms with E-state index in [0.29, 0.717) is 31.0 Å². The quantitative estimate of drug-likeness (QED) is 0.490. The van der Waals surface area contributed by atoms with Gasteiger partial charge < -0.3 is 15.2 Å². The van der Waals surface area contributed by atoms with E-state index in [2.05, 4.69) is 25.8 Å². The Labute approximate surface area is 169 Å². The van der Waals surface area contributed by atoms with Gasteiger partial charge in [-0.2, -0.15) is 13.2 Å². The largest absolute Gasteiger partial charge is 0.416 e. The number of nitrogens with zero attached hydrogens (tertiary/aromatic N) is 4. The minimum atomic E-state index is -4.32. The predicted octanol–water partition coefficient (Wildman–Crippen LogP) is 3.61. The average Bonchev–Trinajstić information content (AvgIpc) is 3.15. The highest BCUT2D eigenvalue weighted by atomic mass is 19.4. The maximum absolute atomic E-state index is 12.9. The zero-order chi connectivity index (χ0) is 21.3. The van der Waals surface area contributed by atoms with Crippen LogP contribution in [0.1, 0.15) is 50.1 Å². The Kier molecular flexibility index (Phi) is 8.48. The molecule has 0 saturated heterocycles. The van der Waals surface area contributed by atoms with E-state index >= 15 is 0 Å². The fourth-order valence-electron chi connectivity index (χ4n) is 2.93. The van der Waals surface area contributed by atoms with E-state index in [-0.39, 0.29) is 5.92 Å². The Morgan fingerprint density at radius 3 is 2.72 bits per heavy atom. The number of guanidine groups is 1. The second-order valence-electron chi connectivity index (χ2n) is 6.79. The molecular formula is C20H29F3N6. The molecule has 0 bridgehead atoms. The molecule has 0 aliphatic rings. The van der Waals surface area contributed by atoms with Crippen LogP contribution in [-0.4, -0.2) is 40.4 Å². The molecule has 1 aromatic heterocycles. The molecule has 29 heavy (non-hydrogen) atoms. The van der Waals surface area contributed by atoms with Gasteiger partial charge >= 0.3 is 6.18 Å². The monoisotopic (exact) mass is 410 g/mol. The molecule has 160 valence electrons. The van der Waals surface area contributed by atoms with Crippen LogP contribution in [0.4, 0.5) is 13.2 Å². The molecule has 2 aromatic rings. The zero-order valence-electron chi connectivity index (χ0n) is 17.1. The Morgan fingerprint density at radius 1 is 1.24 bits per heavy atom. The Morgan fingerprint density at radius 2 is 2.03 bits per heavy atom. The van der Waals surface area contributed by atoms with Crippen molar-refractivity contribution in [2.45, 2.75) is 52.3 Å². The van der Waals surface area contributed by atoms with Gasteiger partial charge in [0.2, 0.25) is 0 Å². The maximum atomic E-state index is 12.9. The van der Waals surface area contributed by atoms with Crippen molar-refractivity contribution in [1.82, 2.24) is 25.4 Å². The van der Waals surface area contributed by atoms with Crippen LogP contribution in [0.25, 0.3) is 0 Å². The Hall–Kier alpha value is -2.58. The number of rotatable bonds is 9. The molecule has 6 nitrogen and oxygen atoms in total. The van der Waals surface area contributed by atoms with Gasteiger partial charge in [0, 0.05) is 32.6 Å². The van der Waals surface area contributed by atoms with Gasteiger partial charge in [0.25, 0.3) is 0 Å². The number of hydrogen-bond acceptors (Lipinski definition) is 3. The zero-order valence-corrected chi connectivity index (χ0v) is 17.1. The van der Waals surface area contributed by atoms with Crippen molar-refractivity contribution in [2.75, 3.05) is 19.6 Å². The molecule has 0 radical (unpaired) electrons. The number of nitrogens with one attached hydrogen (secondary N) is 2. The van der Waals surface area contributed by atoms with Crippen molar-refractivity contribution in [1.29, 1.82) is 0 Å². The lowest BCUT2D eigenvalue weighted by Gasteiger charge is -2.15. The maximum Gasteiger partial charge on any atom is 0.416 e. The third-order valence-electron chi connectivity index (χ3n) is 4.62. The number of aryl methyl sites for hydroxylation is 1. The van der Waals surface area contributed by atoms with E-state index < -0.39 is 11.7 Å². The summed E-state index contributed by atoms with van der Waals surface area (Å²) in [5.41, 5.74) is 0.0634. The summed E-state index contributed by atoms with van der Waals surface area (Å²) in [7, 11) is 0. The van der Waals surface area contributed by atoms with Crippen LogP contribution in [-0.2, 0) is 19.1 Å². The normalized spacial score (nSPS) is 13.4. The number of aromatic nitrogens is 3. The molecule has 0 aliphatic heterocycles. The highest BCUT2D eigenvalue weighted by molar-refractivity contribution is 5.79. The van der Waals surface area contributed by atoms with E-state index in [1.165, 1.54) is 12.1 Å². The van der Waals surface area contributed by atoms with Gasteiger partial charge in [0.05, 0.1) is 5.56 Å². The minimum Gasteiger partial charge on any atom is -0.357 e. The molecule has 0 aliphatic carbocycles. The van der Waals surface area contributed by atoms with Gasteiger partial charge in [-0.25, -0.2) is 0 Å². The van der Waals surface area contributed by atoms with E-state index in [1.807, 2.05) is 25.3 Å². The molecule has 0 saturated carbocycles. The van der Waals surface area contributed by atoms with Crippen LogP contribution in [0.2, 0.25) is 0 Å². The Balaban J connectivity index is 1.88. The number of hydrogen-bond donors (Lipinski definition) is 2. The molecule has 1 aromatic carbocycles. The highest BCUT2D eigenvalue weighted by Crippen LogP contribution is 2.31. The topological polar surface area (TPSA) is 67.1 Å². The van der Waals surface area contributed by atoms with Crippen LogP contribution >= 0.6 is 0 Å². The number of halogens is 3. The summed E-state index contributed by atoms with van der Waals surface area (Å²) in [6, 6.07) is 5.51. The van der Waals surface area contributed by atoms with Crippen LogP contribution in [0, 0.1) is 0 Å². The first kappa shape index (κ1) is 22.7. The van der Waals surface area contributed by atoms with Gasteiger partial charge in [-0.3, -0.25) is 4.99 Å². The third-order valence-corrected chi connectivity index (χ3v) is 4.62. The molecule has 0 amide bonds. The van der Waals surface area contributed by atoms with Gasteiger partial charge in [0.15, 0.2) is 5.96 Å². The third kappa shape index (κ3) is 7.07. The lowest BCUT2D eigenvalue weighted by atomic mass is 9.96. The summed E-state index contributed by atoms with van der Waals surface area (Å²) in [6.45, 7) is 8.56. The van der Waals surface area contributed by atoms with Crippen molar-refractivity contribution < 1.29 is 13.2 Å². The molecule has 0 spiro atoms. The van der Waals surface area contributed by atoms with Gasteiger partial charge in [-0.05, 0) is 30.9 Å².